The van der Waals surface area contributed by atoms with Gasteiger partial charge >= 0.3 is 0 Å². The second-order valence-electron chi connectivity index (χ2n) is 2.83. The standard InChI is InChI=1S/C7H9NO3/c9-4-3-5(10)7-6(4)8-1-2-11-7/h6-8H,1-3H2. The number of hydrogen-bond donors (Lipinski definition) is 1. The Morgan fingerprint density at radius 2 is 2.18 bits per heavy atom. The highest BCUT2D eigenvalue weighted by molar-refractivity contribution is 6.12. The van der Waals surface area contributed by atoms with E-state index in [1.807, 2.05) is 0 Å². The molecular weight excluding hydrogens is 146 g/mol. The van der Waals surface area contributed by atoms with Gasteiger partial charge in [0.15, 0.2) is 11.6 Å². The molecule has 1 saturated heterocycles. The van der Waals surface area contributed by atoms with E-state index in [-0.39, 0.29) is 24.0 Å². The third-order valence-electron chi connectivity index (χ3n) is 2.08. The van der Waals surface area contributed by atoms with Gasteiger partial charge in [0.2, 0.25) is 0 Å². The fourth-order valence-electron chi connectivity index (χ4n) is 1.55. The summed E-state index contributed by atoms with van der Waals surface area (Å²) in [4.78, 5) is 22.1. The molecule has 0 spiro atoms. The van der Waals surface area contributed by atoms with E-state index < -0.39 is 6.10 Å². The molecule has 4 nitrogen and oxygen atoms in total. The average molecular weight is 155 g/mol. The van der Waals surface area contributed by atoms with Crippen molar-refractivity contribution in [2.45, 2.75) is 18.6 Å². The van der Waals surface area contributed by atoms with Crippen molar-refractivity contribution in [3.63, 3.8) is 0 Å². The Morgan fingerprint density at radius 3 is 2.91 bits per heavy atom. The molecule has 0 bridgehead atoms. The van der Waals surface area contributed by atoms with Crippen LogP contribution in [0.1, 0.15) is 6.42 Å². The van der Waals surface area contributed by atoms with Gasteiger partial charge in [-0.05, 0) is 0 Å². The van der Waals surface area contributed by atoms with E-state index in [1.165, 1.54) is 0 Å². The lowest BCUT2D eigenvalue weighted by Crippen LogP contribution is -2.50. The van der Waals surface area contributed by atoms with Gasteiger partial charge < -0.3 is 10.1 Å². The number of carbonyl (C=O) groups is 2. The third-order valence-corrected chi connectivity index (χ3v) is 2.08. The number of hydrogen-bond acceptors (Lipinski definition) is 4. The first-order valence-corrected chi connectivity index (χ1v) is 3.69. The summed E-state index contributed by atoms with van der Waals surface area (Å²) in [7, 11) is 0. The molecule has 2 rings (SSSR count). The Labute approximate surface area is 63.9 Å². The number of Topliss-reactive ketones (excluding diaryl/α,β-unsaturated/α-hetero) is 2. The minimum Gasteiger partial charge on any atom is -0.367 e. The van der Waals surface area contributed by atoms with Crippen LogP contribution in [-0.2, 0) is 14.3 Å². The maximum Gasteiger partial charge on any atom is 0.171 e. The molecule has 4 heteroatoms. The summed E-state index contributed by atoms with van der Waals surface area (Å²) in [6.07, 6.45) is -0.446. The molecule has 0 aromatic carbocycles. The topological polar surface area (TPSA) is 55.4 Å². The third kappa shape index (κ3) is 0.985. The molecule has 60 valence electrons. The maximum atomic E-state index is 11.1. The summed E-state index contributed by atoms with van der Waals surface area (Å²) < 4.78 is 5.15. The van der Waals surface area contributed by atoms with Crippen molar-refractivity contribution >= 4 is 11.6 Å². The van der Waals surface area contributed by atoms with Crippen molar-refractivity contribution in [3.8, 4) is 0 Å². The van der Waals surface area contributed by atoms with Gasteiger partial charge in [0.25, 0.3) is 0 Å². The van der Waals surface area contributed by atoms with Gasteiger partial charge in [-0.15, -0.1) is 0 Å². The van der Waals surface area contributed by atoms with Crippen LogP contribution in [0.15, 0.2) is 0 Å². The van der Waals surface area contributed by atoms with E-state index >= 15 is 0 Å². The van der Waals surface area contributed by atoms with E-state index in [1.54, 1.807) is 0 Å². The van der Waals surface area contributed by atoms with Gasteiger partial charge in [-0.25, -0.2) is 0 Å². The summed E-state index contributed by atoms with van der Waals surface area (Å²) in [6, 6.07) is -0.351. The molecular formula is C7H9NO3. The number of fused-ring (bicyclic) bond motifs is 1. The summed E-state index contributed by atoms with van der Waals surface area (Å²) >= 11 is 0. The molecule has 1 aliphatic heterocycles. The summed E-state index contributed by atoms with van der Waals surface area (Å²) in [6.45, 7) is 1.19. The first-order chi connectivity index (χ1) is 5.29. The number of ketones is 2. The molecule has 2 unspecified atom stereocenters. The Balaban J connectivity index is 2.19. The van der Waals surface area contributed by atoms with Crippen LogP contribution in [0.25, 0.3) is 0 Å². The molecule has 11 heavy (non-hydrogen) atoms. The van der Waals surface area contributed by atoms with Crippen molar-refractivity contribution in [1.82, 2.24) is 5.32 Å². The molecule has 2 atom stereocenters. The monoisotopic (exact) mass is 155 g/mol. The highest BCUT2D eigenvalue weighted by Gasteiger charge is 2.43. The lowest BCUT2D eigenvalue weighted by molar-refractivity contribution is -0.130. The van der Waals surface area contributed by atoms with E-state index in [4.69, 9.17) is 4.74 Å². The van der Waals surface area contributed by atoms with Crippen LogP contribution < -0.4 is 5.32 Å². The second-order valence-corrected chi connectivity index (χ2v) is 2.83. The van der Waals surface area contributed by atoms with Crippen LogP contribution in [0.5, 0.6) is 0 Å². The SMILES string of the molecule is O=C1CC(=O)C2OCCNC12. The Bertz CT molecular complexity index is 192. The Hall–Kier alpha value is -0.740. The highest BCUT2D eigenvalue weighted by Crippen LogP contribution is 2.17. The first-order valence-electron chi connectivity index (χ1n) is 3.69. The largest absolute Gasteiger partial charge is 0.367 e. The fourth-order valence-corrected chi connectivity index (χ4v) is 1.55. The smallest absolute Gasteiger partial charge is 0.171 e. The quantitative estimate of drug-likeness (QED) is 0.450. The van der Waals surface area contributed by atoms with Crippen molar-refractivity contribution in [3.05, 3.63) is 0 Å². The van der Waals surface area contributed by atoms with Crippen LogP contribution in [0, 0.1) is 0 Å². The molecule has 1 heterocycles. The maximum absolute atomic E-state index is 11.1. The van der Waals surface area contributed by atoms with Crippen molar-refractivity contribution in [2.75, 3.05) is 13.2 Å². The van der Waals surface area contributed by atoms with Crippen molar-refractivity contribution in [2.24, 2.45) is 0 Å². The lowest BCUT2D eigenvalue weighted by Gasteiger charge is -2.24. The van der Waals surface area contributed by atoms with Crippen molar-refractivity contribution in [1.29, 1.82) is 0 Å². The molecule has 2 fully saturated rings. The van der Waals surface area contributed by atoms with Gasteiger partial charge in [-0.2, -0.15) is 0 Å². The van der Waals surface area contributed by atoms with Gasteiger partial charge in [-0.3, -0.25) is 9.59 Å². The predicted octanol–water partition coefficient (Wildman–Crippen LogP) is -1.11. The number of ether oxygens (including phenoxy) is 1. The number of nitrogens with one attached hydrogen (secondary N) is 1. The summed E-state index contributed by atoms with van der Waals surface area (Å²) in [5.74, 6) is -0.105. The molecule has 0 radical (unpaired) electrons. The van der Waals surface area contributed by atoms with Gasteiger partial charge in [-0.1, -0.05) is 0 Å². The van der Waals surface area contributed by atoms with E-state index in [0.717, 1.165) is 0 Å². The zero-order valence-electron chi connectivity index (χ0n) is 6.00. The average Bonchev–Trinajstić information content (AvgIpc) is 2.30. The fraction of sp³-hybridized carbons (Fsp3) is 0.714. The zero-order valence-corrected chi connectivity index (χ0v) is 6.00. The molecule has 1 saturated carbocycles. The molecule has 0 aromatic heterocycles. The Morgan fingerprint density at radius 1 is 1.36 bits per heavy atom. The van der Waals surface area contributed by atoms with E-state index in [9.17, 15) is 9.59 Å². The van der Waals surface area contributed by atoms with Gasteiger partial charge in [0, 0.05) is 6.54 Å². The summed E-state index contributed by atoms with van der Waals surface area (Å²) in [5.41, 5.74) is 0. The summed E-state index contributed by atoms with van der Waals surface area (Å²) in [5, 5.41) is 2.97. The minimum atomic E-state index is -0.490. The first kappa shape index (κ1) is 6.94. The van der Waals surface area contributed by atoms with Crippen LogP contribution in [0.4, 0.5) is 0 Å². The van der Waals surface area contributed by atoms with E-state index in [2.05, 4.69) is 5.32 Å². The molecule has 2 aliphatic rings. The lowest BCUT2D eigenvalue weighted by atomic mass is 10.2. The van der Waals surface area contributed by atoms with E-state index in [0.29, 0.717) is 13.2 Å². The van der Waals surface area contributed by atoms with Gasteiger partial charge in [0.1, 0.15) is 12.1 Å². The normalized spacial score (nSPS) is 37.5. The predicted molar refractivity (Wildman–Crippen MR) is 36.2 cm³/mol. The van der Waals surface area contributed by atoms with Crippen LogP contribution in [0.2, 0.25) is 0 Å². The van der Waals surface area contributed by atoms with Crippen LogP contribution in [-0.4, -0.2) is 36.9 Å². The van der Waals surface area contributed by atoms with Crippen LogP contribution >= 0.6 is 0 Å². The number of rotatable bonds is 0. The molecule has 0 amide bonds. The van der Waals surface area contributed by atoms with Gasteiger partial charge in [0.05, 0.1) is 13.0 Å². The minimum absolute atomic E-state index is 0.0281. The number of carbonyl (C=O) groups excluding carboxylic acids is 2. The zero-order chi connectivity index (χ0) is 7.84. The number of morpholine rings is 1. The molecule has 1 aliphatic carbocycles. The van der Waals surface area contributed by atoms with Crippen LogP contribution in [0.3, 0.4) is 0 Å². The van der Waals surface area contributed by atoms with Crippen molar-refractivity contribution < 1.29 is 14.3 Å². The Kier molecular flexibility index (Phi) is 1.51. The molecule has 1 N–H and O–H groups in total. The second kappa shape index (κ2) is 2.39. The highest BCUT2D eigenvalue weighted by atomic mass is 16.5. The molecule has 0 aromatic rings.